The van der Waals surface area contributed by atoms with Crippen LogP contribution in [0.4, 0.5) is 0 Å². The van der Waals surface area contributed by atoms with E-state index in [9.17, 15) is 9.59 Å². The Balaban J connectivity index is 2.22. The van der Waals surface area contributed by atoms with Crippen molar-refractivity contribution in [2.45, 2.75) is 39.0 Å². The molecule has 0 saturated heterocycles. The molecule has 0 heterocycles. The number of carbonyl (C=O) groups is 2. The summed E-state index contributed by atoms with van der Waals surface area (Å²) in [5.41, 5.74) is 0. The van der Waals surface area contributed by atoms with Crippen LogP contribution in [-0.2, 0) is 9.59 Å². The van der Waals surface area contributed by atoms with E-state index in [2.05, 4.69) is 0 Å². The highest BCUT2D eigenvalue weighted by atomic mass is 16.1. The molecule has 0 N–H and O–H groups in total. The molecule has 1 rings (SSSR count). The molecule has 2 heteroatoms. The molecule has 0 spiro atoms. The second kappa shape index (κ2) is 5.74. The monoisotopic (exact) mass is 194 g/mol. The van der Waals surface area contributed by atoms with E-state index in [0.717, 1.165) is 38.4 Å². The lowest BCUT2D eigenvalue weighted by atomic mass is 9.81. The Kier molecular flexibility index (Phi) is 4.57. The maximum absolute atomic E-state index is 10.7. The molecule has 0 aromatic rings. The fourth-order valence-corrected chi connectivity index (χ4v) is 1.99. The molecule has 0 atom stereocenters. The predicted octanol–water partition coefficient (Wildman–Crippen LogP) is 2.53. The normalized spacial score (nSPS) is 27.8. The van der Waals surface area contributed by atoms with Gasteiger partial charge >= 0.3 is 0 Å². The standard InChI is InChI=1S/C12H18O2/c1-10(14)3-2-4-11-5-7-12(9-13)8-6-11/h2-3,9,11-12H,4-8H2,1H3/b3-2+. The number of aldehydes is 1. The van der Waals surface area contributed by atoms with E-state index in [-0.39, 0.29) is 5.78 Å². The summed E-state index contributed by atoms with van der Waals surface area (Å²) in [6.45, 7) is 1.57. The molecular weight excluding hydrogens is 176 g/mol. The zero-order valence-electron chi connectivity index (χ0n) is 8.74. The van der Waals surface area contributed by atoms with Gasteiger partial charge in [-0.2, -0.15) is 0 Å². The minimum Gasteiger partial charge on any atom is -0.303 e. The van der Waals surface area contributed by atoms with Crippen LogP contribution in [0.15, 0.2) is 12.2 Å². The summed E-state index contributed by atoms with van der Waals surface area (Å²) in [7, 11) is 0. The van der Waals surface area contributed by atoms with Gasteiger partial charge in [-0.3, -0.25) is 4.79 Å². The molecule has 1 aliphatic carbocycles. The molecular formula is C12H18O2. The molecule has 1 saturated carbocycles. The van der Waals surface area contributed by atoms with Crippen LogP contribution in [0.5, 0.6) is 0 Å². The van der Waals surface area contributed by atoms with E-state index in [0.29, 0.717) is 11.8 Å². The third-order valence-corrected chi connectivity index (χ3v) is 2.91. The number of hydrogen-bond donors (Lipinski definition) is 0. The van der Waals surface area contributed by atoms with Crippen LogP contribution in [0.25, 0.3) is 0 Å². The van der Waals surface area contributed by atoms with Gasteiger partial charge in [-0.15, -0.1) is 0 Å². The average molecular weight is 194 g/mol. The Morgan fingerprint density at radius 2 is 1.93 bits per heavy atom. The van der Waals surface area contributed by atoms with Crippen molar-refractivity contribution in [2.24, 2.45) is 11.8 Å². The van der Waals surface area contributed by atoms with E-state index in [1.807, 2.05) is 6.08 Å². The summed E-state index contributed by atoms with van der Waals surface area (Å²) in [6.07, 6.45) is 10.0. The highest BCUT2D eigenvalue weighted by Crippen LogP contribution is 2.29. The van der Waals surface area contributed by atoms with Crippen LogP contribution in [0, 0.1) is 11.8 Å². The molecule has 1 aliphatic rings. The van der Waals surface area contributed by atoms with Crippen LogP contribution < -0.4 is 0 Å². The van der Waals surface area contributed by atoms with Crippen molar-refractivity contribution < 1.29 is 9.59 Å². The van der Waals surface area contributed by atoms with Gasteiger partial charge in [0.05, 0.1) is 0 Å². The number of ketones is 1. The lowest BCUT2D eigenvalue weighted by Gasteiger charge is -2.24. The molecule has 1 fully saturated rings. The highest BCUT2D eigenvalue weighted by Gasteiger charge is 2.19. The van der Waals surface area contributed by atoms with E-state index < -0.39 is 0 Å². The van der Waals surface area contributed by atoms with Gasteiger partial charge in [0.15, 0.2) is 5.78 Å². The van der Waals surface area contributed by atoms with Crippen LogP contribution in [-0.4, -0.2) is 12.1 Å². The van der Waals surface area contributed by atoms with E-state index in [1.54, 1.807) is 13.0 Å². The Morgan fingerprint density at radius 1 is 1.29 bits per heavy atom. The van der Waals surface area contributed by atoms with Crippen molar-refractivity contribution in [3.05, 3.63) is 12.2 Å². The first-order valence-corrected chi connectivity index (χ1v) is 5.34. The van der Waals surface area contributed by atoms with Crippen molar-refractivity contribution in [1.29, 1.82) is 0 Å². The predicted molar refractivity (Wildman–Crippen MR) is 56.0 cm³/mol. The van der Waals surface area contributed by atoms with Crippen molar-refractivity contribution in [1.82, 2.24) is 0 Å². The van der Waals surface area contributed by atoms with Crippen molar-refractivity contribution >= 4 is 12.1 Å². The highest BCUT2D eigenvalue weighted by molar-refractivity contribution is 5.87. The molecule has 0 aromatic heterocycles. The van der Waals surface area contributed by atoms with Crippen LogP contribution in [0.3, 0.4) is 0 Å². The van der Waals surface area contributed by atoms with E-state index in [1.165, 1.54) is 0 Å². The maximum atomic E-state index is 10.7. The Labute approximate surface area is 85.4 Å². The topological polar surface area (TPSA) is 34.1 Å². The second-order valence-corrected chi connectivity index (χ2v) is 4.17. The van der Waals surface area contributed by atoms with Gasteiger partial charge in [-0.1, -0.05) is 6.08 Å². The van der Waals surface area contributed by atoms with Crippen molar-refractivity contribution in [3.63, 3.8) is 0 Å². The van der Waals surface area contributed by atoms with Gasteiger partial charge in [0.1, 0.15) is 6.29 Å². The first kappa shape index (κ1) is 11.2. The minimum atomic E-state index is 0.117. The van der Waals surface area contributed by atoms with Gasteiger partial charge in [0.25, 0.3) is 0 Å². The molecule has 78 valence electrons. The Bertz CT molecular complexity index is 222. The number of hydrogen-bond acceptors (Lipinski definition) is 2. The van der Waals surface area contributed by atoms with Crippen LogP contribution in [0.1, 0.15) is 39.0 Å². The lowest BCUT2D eigenvalue weighted by Crippen LogP contribution is -2.14. The van der Waals surface area contributed by atoms with Gasteiger partial charge in [-0.05, 0) is 51.0 Å². The Morgan fingerprint density at radius 3 is 2.43 bits per heavy atom. The lowest BCUT2D eigenvalue weighted by molar-refractivity contribution is -0.113. The van der Waals surface area contributed by atoms with Gasteiger partial charge in [0.2, 0.25) is 0 Å². The molecule has 2 nitrogen and oxygen atoms in total. The molecule has 0 bridgehead atoms. The summed E-state index contributed by atoms with van der Waals surface area (Å²) in [4.78, 5) is 21.2. The Hall–Kier alpha value is -0.920. The zero-order chi connectivity index (χ0) is 10.4. The molecule has 0 unspecified atom stereocenters. The second-order valence-electron chi connectivity index (χ2n) is 4.17. The number of rotatable bonds is 4. The molecule has 0 aromatic carbocycles. The summed E-state index contributed by atoms with van der Waals surface area (Å²) in [5, 5.41) is 0. The summed E-state index contributed by atoms with van der Waals surface area (Å²) < 4.78 is 0. The molecule has 0 amide bonds. The SMILES string of the molecule is CC(=O)/C=C/CC1CCC(C=O)CC1. The van der Waals surface area contributed by atoms with Gasteiger partial charge in [0, 0.05) is 5.92 Å². The first-order valence-electron chi connectivity index (χ1n) is 5.34. The summed E-state index contributed by atoms with van der Waals surface area (Å²) in [5.74, 6) is 1.09. The summed E-state index contributed by atoms with van der Waals surface area (Å²) >= 11 is 0. The molecule has 14 heavy (non-hydrogen) atoms. The van der Waals surface area contributed by atoms with Crippen LogP contribution in [0.2, 0.25) is 0 Å². The fourth-order valence-electron chi connectivity index (χ4n) is 1.99. The fraction of sp³-hybridized carbons (Fsp3) is 0.667. The minimum absolute atomic E-state index is 0.117. The smallest absolute Gasteiger partial charge is 0.152 e. The maximum Gasteiger partial charge on any atom is 0.152 e. The van der Waals surface area contributed by atoms with E-state index in [4.69, 9.17) is 0 Å². The quantitative estimate of drug-likeness (QED) is 0.509. The largest absolute Gasteiger partial charge is 0.303 e. The number of allylic oxidation sites excluding steroid dienone is 2. The van der Waals surface area contributed by atoms with Gasteiger partial charge < -0.3 is 4.79 Å². The third-order valence-electron chi connectivity index (χ3n) is 2.91. The van der Waals surface area contributed by atoms with E-state index >= 15 is 0 Å². The zero-order valence-corrected chi connectivity index (χ0v) is 8.74. The average Bonchev–Trinajstić information content (AvgIpc) is 2.18. The first-order chi connectivity index (χ1) is 6.72. The van der Waals surface area contributed by atoms with Crippen molar-refractivity contribution in [2.75, 3.05) is 0 Å². The summed E-state index contributed by atoms with van der Waals surface area (Å²) in [6, 6.07) is 0. The third kappa shape index (κ3) is 3.86. The van der Waals surface area contributed by atoms with Crippen molar-refractivity contribution in [3.8, 4) is 0 Å². The van der Waals surface area contributed by atoms with Crippen LogP contribution >= 0.6 is 0 Å². The van der Waals surface area contributed by atoms with Gasteiger partial charge in [-0.25, -0.2) is 0 Å². The molecule has 0 aliphatic heterocycles. The molecule has 0 radical (unpaired) electrons. The number of carbonyl (C=O) groups excluding carboxylic acids is 2.